The third-order valence-corrected chi connectivity index (χ3v) is 3.74. The van der Waals surface area contributed by atoms with Gasteiger partial charge in [0.1, 0.15) is 13.2 Å². The Labute approximate surface area is 119 Å². The topological polar surface area (TPSA) is 49.4 Å². The van der Waals surface area contributed by atoms with Gasteiger partial charge in [-0.25, -0.2) is 0 Å². The summed E-state index contributed by atoms with van der Waals surface area (Å²) in [5, 5.41) is 1.27. The summed E-state index contributed by atoms with van der Waals surface area (Å²) in [6.07, 6.45) is 5.41. The number of nitrogens with two attached hydrogens (primary N) is 1. The number of aryl methyl sites for hydroxylation is 2. The predicted molar refractivity (Wildman–Crippen MR) is 80.6 cm³/mol. The van der Waals surface area contributed by atoms with Gasteiger partial charge < -0.3 is 19.8 Å². The molecule has 0 spiro atoms. The number of ether oxygens (including phenoxy) is 2. The first-order chi connectivity index (χ1) is 9.83. The molecule has 0 radical (unpaired) electrons. The molecule has 0 amide bonds. The highest BCUT2D eigenvalue weighted by Crippen LogP contribution is 2.37. The van der Waals surface area contributed by atoms with Crippen LogP contribution in [0, 0.1) is 0 Å². The summed E-state index contributed by atoms with van der Waals surface area (Å²) in [5.41, 5.74) is 8.24. The molecule has 0 saturated heterocycles. The van der Waals surface area contributed by atoms with Gasteiger partial charge in [0.15, 0.2) is 11.5 Å². The summed E-state index contributed by atoms with van der Waals surface area (Å²) in [7, 11) is 0. The molecule has 2 aromatic rings. The molecule has 1 aliphatic rings. The molecule has 2 heterocycles. The Morgan fingerprint density at radius 3 is 2.65 bits per heavy atom. The quantitative estimate of drug-likeness (QED) is 0.912. The molecule has 0 aliphatic carbocycles. The normalized spacial score (nSPS) is 13.9. The molecule has 0 bridgehead atoms. The van der Waals surface area contributed by atoms with Crippen LogP contribution in [0.1, 0.15) is 25.3 Å². The van der Waals surface area contributed by atoms with Crippen LogP contribution in [-0.2, 0) is 13.0 Å². The van der Waals surface area contributed by atoms with Crippen LogP contribution in [-0.4, -0.2) is 24.3 Å². The van der Waals surface area contributed by atoms with Gasteiger partial charge in [-0.05, 0) is 37.4 Å². The van der Waals surface area contributed by atoms with Gasteiger partial charge in [-0.3, -0.25) is 0 Å². The summed E-state index contributed by atoms with van der Waals surface area (Å²) < 4.78 is 13.7. The Bertz CT molecular complexity index is 604. The van der Waals surface area contributed by atoms with Crippen LogP contribution in [0.3, 0.4) is 0 Å². The highest BCUT2D eigenvalue weighted by molar-refractivity contribution is 5.87. The van der Waals surface area contributed by atoms with Crippen molar-refractivity contribution in [1.29, 1.82) is 0 Å². The van der Waals surface area contributed by atoms with E-state index in [1.165, 1.54) is 16.5 Å². The summed E-state index contributed by atoms with van der Waals surface area (Å²) in [4.78, 5) is 0. The van der Waals surface area contributed by atoms with Gasteiger partial charge in [0.05, 0.1) is 5.52 Å². The first kappa shape index (κ1) is 13.3. The molecule has 4 nitrogen and oxygen atoms in total. The van der Waals surface area contributed by atoms with Crippen molar-refractivity contribution in [1.82, 2.24) is 4.57 Å². The highest BCUT2D eigenvalue weighted by Gasteiger charge is 2.16. The van der Waals surface area contributed by atoms with E-state index in [0.29, 0.717) is 13.2 Å². The third-order valence-electron chi connectivity index (χ3n) is 3.74. The van der Waals surface area contributed by atoms with Crippen LogP contribution in [0.5, 0.6) is 11.5 Å². The van der Waals surface area contributed by atoms with Crippen molar-refractivity contribution in [3.05, 3.63) is 23.9 Å². The lowest BCUT2D eigenvalue weighted by Crippen LogP contribution is -2.15. The third kappa shape index (κ3) is 2.36. The molecule has 0 atom stereocenters. The molecule has 0 saturated carbocycles. The van der Waals surface area contributed by atoms with Gasteiger partial charge >= 0.3 is 0 Å². The molecule has 1 aromatic heterocycles. The van der Waals surface area contributed by atoms with Gasteiger partial charge in [-0.1, -0.05) is 6.92 Å². The van der Waals surface area contributed by atoms with Crippen molar-refractivity contribution >= 4 is 10.9 Å². The first-order valence-corrected chi connectivity index (χ1v) is 7.45. The smallest absolute Gasteiger partial charge is 0.163 e. The van der Waals surface area contributed by atoms with Crippen molar-refractivity contribution in [3.63, 3.8) is 0 Å². The number of fused-ring (bicyclic) bond motifs is 2. The van der Waals surface area contributed by atoms with Gasteiger partial charge in [0.25, 0.3) is 0 Å². The number of aromatic nitrogens is 1. The average Bonchev–Trinajstić information content (AvgIpc) is 2.81. The van der Waals surface area contributed by atoms with E-state index in [4.69, 9.17) is 15.2 Å². The Morgan fingerprint density at radius 2 is 1.95 bits per heavy atom. The molecule has 1 aromatic carbocycles. The second-order valence-corrected chi connectivity index (χ2v) is 5.25. The fourth-order valence-corrected chi connectivity index (χ4v) is 2.82. The van der Waals surface area contributed by atoms with E-state index in [2.05, 4.69) is 29.8 Å². The minimum absolute atomic E-state index is 0.631. The Balaban J connectivity index is 2.09. The van der Waals surface area contributed by atoms with E-state index in [1.807, 2.05) is 0 Å². The fraction of sp³-hybridized carbons (Fsp3) is 0.500. The van der Waals surface area contributed by atoms with Crippen LogP contribution in [0.2, 0.25) is 0 Å². The van der Waals surface area contributed by atoms with Crippen molar-refractivity contribution < 1.29 is 9.47 Å². The monoisotopic (exact) mass is 274 g/mol. The van der Waals surface area contributed by atoms with Crippen molar-refractivity contribution in [2.45, 2.75) is 32.7 Å². The summed E-state index contributed by atoms with van der Waals surface area (Å²) in [6.45, 7) is 5.21. The van der Waals surface area contributed by atoms with E-state index >= 15 is 0 Å². The van der Waals surface area contributed by atoms with Crippen molar-refractivity contribution in [2.75, 3.05) is 19.8 Å². The highest BCUT2D eigenvalue weighted by atomic mass is 16.6. The van der Waals surface area contributed by atoms with Gasteiger partial charge in [0, 0.05) is 24.2 Å². The zero-order chi connectivity index (χ0) is 13.9. The molecule has 4 heteroatoms. The van der Waals surface area contributed by atoms with Gasteiger partial charge in [0.2, 0.25) is 0 Å². The number of rotatable bonds is 5. The average molecular weight is 274 g/mol. The molecule has 108 valence electrons. The zero-order valence-electron chi connectivity index (χ0n) is 12.0. The summed E-state index contributed by atoms with van der Waals surface area (Å²) in [5.74, 6) is 1.73. The van der Waals surface area contributed by atoms with Gasteiger partial charge in [-0.15, -0.1) is 0 Å². The number of nitrogens with zero attached hydrogens (tertiary/aromatic N) is 1. The Kier molecular flexibility index (Phi) is 3.83. The van der Waals surface area contributed by atoms with Crippen LogP contribution >= 0.6 is 0 Å². The van der Waals surface area contributed by atoms with Crippen molar-refractivity contribution in [3.8, 4) is 11.5 Å². The summed E-state index contributed by atoms with van der Waals surface area (Å²) in [6, 6.07) is 4.24. The van der Waals surface area contributed by atoms with E-state index in [9.17, 15) is 0 Å². The second-order valence-electron chi connectivity index (χ2n) is 5.25. The number of hydrogen-bond donors (Lipinski definition) is 1. The Morgan fingerprint density at radius 1 is 1.20 bits per heavy atom. The molecular formula is C16H22N2O2. The lowest BCUT2D eigenvalue weighted by molar-refractivity contribution is 0.172. The molecular weight excluding hydrogens is 252 g/mol. The number of hydrogen-bond acceptors (Lipinski definition) is 3. The van der Waals surface area contributed by atoms with Crippen molar-refractivity contribution in [2.24, 2.45) is 5.73 Å². The largest absolute Gasteiger partial charge is 0.486 e. The maximum atomic E-state index is 5.70. The molecule has 1 aliphatic heterocycles. The Hall–Kier alpha value is -1.68. The summed E-state index contributed by atoms with van der Waals surface area (Å²) >= 11 is 0. The lowest BCUT2D eigenvalue weighted by Gasteiger charge is -2.18. The zero-order valence-corrected chi connectivity index (χ0v) is 12.0. The van der Waals surface area contributed by atoms with Crippen LogP contribution in [0.15, 0.2) is 18.3 Å². The van der Waals surface area contributed by atoms with Crippen LogP contribution in [0.25, 0.3) is 10.9 Å². The second kappa shape index (κ2) is 5.75. The van der Waals surface area contributed by atoms with E-state index in [0.717, 1.165) is 43.9 Å². The first-order valence-electron chi connectivity index (χ1n) is 7.45. The standard InChI is InChI=1S/C16H22N2O2/c1-2-6-18-11-12(4-3-5-17)13-9-15-16(10-14(13)18)20-8-7-19-15/h9-11H,2-8,17H2,1H3. The minimum atomic E-state index is 0.631. The lowest BCUT2D eigenvalue weighted by atomic mass is 10.1. The fourth-order valence-electron chi connectivity index (χ4n) is 2.82. The predicted octanol–water partition coefficient (Wildman–Crippen LogP) is 2.71. The number of benzene rings is 1. The molecule has 20 heavy (non-hydrogen) atoms. The maximum Gasteiger partial charge on any atom is 0.163 e. The maximum absolute atomic E-state index is 5.70. The molecule has 3 rings (SSSR count). The van der Waals surface area contributed by atoms with E-state index in [-0.39, 0.29) is 0 Å². The van der Waals surface area contributed by atoms with E-state index in [1.54, 1.807) is 0 Å². The molecule has 0 unspecified atom stereocenters. The van der Waals surface area contributed by atoms with Gasteiger partial charge in [-0.2, -0.15) is 0 Å². The van der Waals surface area contributed by atoms with E-state index < -0.39 is 0 Å². The van der Waals surface area contributed by atoms with Crippen LogP contribution in [0.4, 0.5) is 0 Å². The minimum Gasteiger partial charge on any atom is -0.486 e. The SMILES string of the molecule is CCCn1cc(CCCN)c2cc3c(cc21)OCCO3. The molecule has 0 fully saturated rings. The van der Waals surface area contributed by atoms with Crippen LogP contribution < -0.4 is 15.2 Å². The molecule has 2 N–H and O–H groups in total.